The number of carboxylic acids is 1. The van der Waals surface area contributed by atoms with Crippen molar-refractivity contribution in [3.63, 3.8) is 0 Å². The van der Waals surface area contributed by atoms with Crippen LogP contribution in [0.2, 0.25) is 3.93 Å². The number of amides is 3. The van der Waals surface area contributed by atoms with Crippen molar-refractivity contribution in [2.45, 2.75) is 22.9 Å². The first kappa shape index (κ1) is 19.6. The predicted octanol–water partition coefficient (Wildman–Crippen LogP) is -1.17. The summed E-state index contributed by atoms with van der Waals surface area (Å²) in [6.07, 6.45) is -0.513. The molecular formula is C9H17HgN2O6. The molecule has 0 aliphatic carbocycles. The van der Waals surface area contributed by atoms with E-state index in [0.717, 1.165) is 3.93 Å². The number of imide groups is 1. The number of aliphatic carboxylic acids is 1. The molecule has 0 aromatic rings. The van der Waals surface area contributed by atoms with Crippen LogP contribution in [0.5, 0.6) is 0 Å². The molecule has 0 saturated heterocycles. The van der Waals surface area contributed by atoms with Gasteiger partial charge < -0.3 is 5.48 Å². The van der Waals surface area contributed by atoms with E-state index in [9.17, 15) is 14.4 Å². The zero-order chi connectivity index (χ0) is 13.3. The standard InChI is InChI=1S/C9H15N2O5.Hg.H2O/c1-6(16-2)5-10-9(15)11-7(12)3-4-8(13)14;;/h6H,1,3-5H2,2H3,(H,13,14)(H2,10,11,12,15);;1H2. The summed E-state index contributed by atoms with van der Waals surface area (Å²) < 4.78 is 6.01. The number of methoxy groups -OCH3 is 1. The number of nitrogens with one attached hydrogen (secondary N) is 2. The summed E-state index contributed by atoms with van der Waals surface area (Å²) in [7, 11) is 1.56. The van der Waals surface area contributed by atoms with Crippen LogP contribution in [0.25, 0.3) is 0 Å². The van der Waals surface area contributed by atoms with Crippen molar-refractivity contribution < 1.29 is 55.8 Å². The van der Waals surface area contributed by atoms with Crippen LogP contribution in [-0.4, -0.2) is 48.2 Å². The second-order valence-corrected chi connectivity index (χ2v) is 5.54. The summed E-state index contributed by atoms with van der Waals surface area (Å²) >= 11 is 0.581. The minimum atomic E-state index is -1.07. The first-order valence-corrected chi connectivity index (χ1v) is 8.99. The van der Waals surface area contributed by atoms with Crippen molar-refractivity contribution >= 4 is 17.9 Å². The number of ether oxygens (including phenoxy) is 1. The fraction of sp³-hybridized carbons (Fsp3) is 0.667. The van der Waals surface area contributed by atoms with Crippen molar-refractivity contribution in [2.75, 3.05) is 13.7 Å². The summed E-state index contributed by atoms with van der Waals surface area (Å²) in [4.78, 5) is 32.5. The first-order valence-electron chi connectivity index (χ1n) is 5.11. The smallest absolute Gasteiger partial charge is 0.412 e. The van der Waals surface area contributed by atoms with Gasteiger partial charge in [-0.05, 0) is 0 Å². The minimum Gasteiger partial charge on any atom is -0.412 e. The molecule has 9 heteroatoms. The van der Waals surface area contributed by atoms with Gasteiger partial charge in [0.15, 0.2) is 0 Å². The maximum atomic E-state index is 11.2. The molecule has 0 radical (unpaired) electrons. The Hall–Kier alpha value is -0.735. The zero-order valence-electron chi connectivity index (χ0n) is 10.2. The van der Waals surface area contributed by atoms with Crippen molar-refractivity contribution in [3.05, 3.63) is 0 Å². The van der Waals surface area contributed by atoms with Gasteiger partial charge in [-0.15, -0.1) is 0 Å². The molecule has 0 aromatic heterocycles. The van der Waals surface area contributed by atoms with Gasteiger partial charge in [0.25, 0.3) is 0 Å². The van der Waals surface area contributed by atoms with Gasteiger partial charge >= 0.3 is 115 Å². The molecule has 0 spiro atoms. The largest absolute Gasteiger partial charge is 0.412 e. The number of urea groups is 1. The molecule has 0 fully saturated rings. The van der Waals surface area contributed by atoms with E-state index in [4.69, 9.17) is 9.84 Å². The van der Waals surface area contributed by atoms with Crippen LogP contribution in [0.4, 0.5) is 4.79 Å². The van der Waals surface area contributed by atoms with E-state index in [1.54, 1.807) is 7.11 Å². The van der Waals surface area contributed by atoms with Gasteiger partial charge in [-0.2, -0.15) is 0 Å². The molecule has 0 saturated carbocycles. The van der Waals surface area contributed by atoms with Crippen molar-refractivity contribution in [1.82, 2.24) is 10.6 Å². The Morgan fingerprint density at radius 2 is 1.94 bits per heavy atom. The normalized spacial score (nSPS) is 11.1. The average molecular weight is 450 g/mol. The number of carbonyl (C=O) groups is 3. The predicted molar refractivity (Wildman–Crippen MR) is 57.6 cm³/mol. The second-order valence-electron chi connectivity index (χ2n) is 3.30. The third-order valence-electron chi connectivity index (χ3n) is 1.96. The Labute approximate surface area is 121 Å². The summed E-state index contributed by atoms with van der Waals surface area (Å²) in [5.74, 6) is -1.67. The molecule has 18 heavy (non-hydrogen) atoms. The van der Waals surface area contributed by atoms with Crippen molar-refractivity contribution in [2.24, 2.45) is 0 Å². The molecule has 8 nitrogen and oxygen atoms in total. The molecular weight excluding hydrogens is 433 g/mol. The third kappa shape index (κ3) is 10.4. The van der Waals surface area contributed by atoms with E-state index in [0.29, 0.717) is 32.7 Å². The van der Waals surface area contributed by atoms with Crippen LogP contribution in [0.3, 0.4) is 0 Å². The molecule has 0 heterocycles. The fourth-order valence-electron chi connectivity index (χ4n) is 0.964. The van der Waals surface area contributed by atoms with Crippen molar-refractivity contribution in [3.8, 4) is 0 Å². The minimum absolute atomic E-state index is 0. The fourth-order valence-corrected chi connectivity index (χ4v) is 2.67. The number of carboxylic acid groups (broad SMARTS) is 1. The molecule has 0 rings (SSSR count). The van der Waals surface area contributed by atoms with Gasteiger partial charge in [0.05, 0.1) is 0 Å². The number of hydrogen-bond acceptors (Lipinski definition) is 4. The average Bonchev–Trinajstić information content (AvgIpc) is 2.27. The summed E-state index contributed by atoms with van der Waals surface area (Å²) in [5, 5.41) is 12.9. The molecule has 0 aliphatic rings. The zero-order valence-corrected chi connectivity index (χ0v) is 15.7. The van der Waals surface area contributed by atoms with Crippen LogP contribution in [0.1, 0.15) is 12.8 Å². The first-order chi connectivity index (χ1) is 7.99. The van der Waals surface area contributed by atoms with Gasteiger partial charge in [0, 0.05) is 0 Å². The summed E-state index contributed by atoms with van der Waals surface area (Å²) in [5.41, 5.74) is 0. The van der Waals surface area contributed by atoms with E-state index in [1.165, 1.54) is 0 Å². The molecule has 1 atom stereocenters. The SMILES string of the molecule is COC([CH2][Hg])CNC(=O)NC(=O)CCC(=O)O.O. The molecule has 1 unspecified atom stereocenters. The van der Waals surface area contributed by atoms with Crippen LogP contribution in [-0.2, 0) is 40.4 Å². The second kappa shape index (κ2) is 11.4. The quantitative estimate of drug-likeness (QED) is 0.421. The molecule has 3 amide bonds. The van der Waals surface area contributed by atoms with E-state index in [1.807, 2.05) is 5.32 Å². The Kier molecular flexibility index (Phi) is 12.4. The Morgan fingerprint density at radius 1 is 1.33 bits per heavy atom. The maximum absolute atomic E-state index is 11.2. The van der Waals surface area contributed by atoms with Gasteiger partial charge in [-0.3, -0.25) is 0 Å². The van der Waals surface area contributed by atoms with Crippen LogP contribution in [0, 0.1) is 0 Å². The number of carbonyl (C=O) groups excluding carboxylic acids is 2. The van der Waals surface area contributed by atoms with Crippen LogP contribution < -0.4 is 10.6 Å². The van der Waals surface area contributed by atoms with Gasteiger partial charge in [0.1, 0.15) is 0 Å². The third-order valence-corrected chi connectivity index (χ3v) is 4.47. The maximum Gasteiger partial charge on any atom is -0.412 e. The van der Waals surface area contributed by atoms with E-state index >= 15 is 0 Å². The Morgan fingerprint density at radius 3 is 2.39 bits per heavy atom. The Balaban J connectivity index is 0. The van der Waals surface area contributed by atoms with Gasteiger partial charge in [0.2, 0.25) is 0 Å². The van der Waals surface area contributed by atoms with E-state index in [-0.39, 0.29) is 24.4 Å². The summed E-state index contributed by atoms with van der Waals surface area (Å²) in [6, 6.07) is -0.621. The van der Waals surface area contributed by atoms with Crippen LogP contribution in [0.15, 0.2) is 0 Å². The van der Waals surface area contributed by atoms with Gasteiger partial charge in [-0.1, -0.05) is 0 Å². The van der Waals surface area contributed by atoms with E-state index < -0.39 is 17.9 Å². The molecule has 5 N–H and O–H groups in total. The molecule has 0 aromatic carbocycles. The topological polar surface area (TPSA) is 136 Å². The Bertz CT molecular complexity index is 282. The summed E-state index contributed by atoms with van der Waals surface area (Å²) in [6.45, 7) is 0.345. The molecule has 0 bridgehead atoms. The van der Waals surface area contributed by atoms with Gasteiger partial charge in [-0.25, -0.2) is 0 Å². The van der Waals surface area contributed by atoms with Crippen molar-refractivity contribution in [1.29, 1.82) is 0 Å². The van der Waals surface area contributed by atoms with E-state index in [2.05, 4.69) is 5.32 Å². The number of rotatable bonds is 7. The monoisotopic (exact) mass is 451 g/mol. The number of hydrogen-bond donors (Lipinski definition) is 3. The van der Waals surface area contributed by atoms with Crippen LogP contribution >= 0.6 is 0 Å². The molecule has 0 aliphatic heterocycles. The molecule has 101 valence electrons.